The molecule has 0 saturated carbocycles. The second kappa shape index (κ2) is 8.75. The first kappa shape index (κ1) is 22.3. The number of nitro groups is 1. The maximum Gasteiger partial charge on any atom is 0.271 e. The Bertz CT molecular complexity index is 1030. The van der Waals surface area contributed by atoms with Crippen LogP contribution in [0.15, 0.2) is 36.4 Å². The predicted octanol–water partition coefficient (Wildman–Crippen LogP) is 4.42. The molecule has 31 heavy (non-hydrogen) atoms. The topological polar surface area (TPSA) is 102 Å². The molecule has 1 N–H and O–H groups in total. The summed E-state index contributed by atoms with van der Waals surface area (Å²) in [6.07, 6.45) is -0.772. The molecular formula is C23H27N3O5. The minimum Gasteiger partial charge on any atom is -0.478 e. The Labute approximate surface area is 181 Å². The Kier molecular flexibility index (Phi) is 6.29. The summed E-state index contributed by atoms with van der Waals surface area (Å²) in [5, 5.41) is 14.2. The van der Waals surface area contributed by atoms with Gasteiger partial charge in [0.25, 0.3) is 11.6 Å². The fourth-order valence-corrected chi connectivity index (χ4v) is 3.64. The van der Waals surface area contributed by atoms with Crippen molar-refractivity contribution < 1.29 is 19.2 Å². The summed E-state index contributed by atoms with van der Waals surface area (Å²) in [5.41, 5.74) is 2.69. The second-order valence-corrected chi connectivity index (χ2v) is 8.36. The molecule has 8 heteroatoms. The highest BCUT2D eigenvalue weighted by Gasteiger charge is 2.38. The predicted molar refractivity (Wildman–Crippen MR) is 119 cm³/mol. The number of fused-ring (bicyclic) bond motifs is 1. The van der Waals surface area contributed by atoms with Crippen LogP contribution in [0.1, 0.15) is 44.7 Å². The zero-order valence-corrected chi connectivity index (χ0v) is 18.3. The molecule has 2 amide bonds. The number of nitro benzene ring substituents is 1. The van der Waals surface area contributed by atoms with E-state index in [1.54, 1.807) is 0 Å². The molecule has 1 unspecified atom stereocenters. The van der Waals surface area contributed by atoms with E-state index < -0.39 is 16.9 Å². The maximum absolute atomic E-state index is 13.1. The third-order valence-corrected chi connectivity index (χ3v) is 5.31. The summed E-state index contributed by atoms with van der Waals surface area (Å²) in [5.74, 6) is -0.367. The molecule has 1 aliphatic heterocycles. The van der Waals surface area contributed by atoms with Crippen LogP contribution >= 0.6 is 0 Å². The molecule has 3 rings (SSSR count). The molecule has 0 bridgehead atoms. The number of amides is 2. The van der Waals surface area contributed by atoms with Crippen molar-refractivity contribution in [3.05, 3.63) is 57.6 Å². The van der Waals surface area contributed by atoms with Crippen LogP contribution in [0.5, 0.6) is 5.75 Å². The van der Waals surface area contributed by atoms with Gasteiger partial charge in [-0.15, -0.1) is 0 Å². The van der Waals surface area contributed by atoms with Gasteiger partial charge in [0.05, 0.1) is 10.6 Å². The van der Waals surface area contributed by atoms with Gasteiger partial charge in [0.1, 0.15) is 12.3 Å². The number of hydrogen-bond acceptors (Lipinski definition) is 5. The van der Waals surface area contributed by atoms with E-state index in [0.717, 1.165) is 16.8 Å². The number of benzene rings is 2. The van der Waals surface area contributed by atoms with E-state index in [9.17, 15) is 19.7 Å². The van der Waals surface area contributed by atoms with Crippen LogP contribution in [0.4, 0.5) is 17.1 Å². The van der Waals surface area contributed by atoms with Crippen LogP contribution in [-0.4, -0.2) is 29.4 Å². The molecule has 0 radical (unpaired) electrons. The largest absolute Gasteiger partial charge is 0.478 e. The van der Waals surface area contributed by atoms with Gasteiger partial charge in [-0.25, -0.2) is 0 Å². The standard InChI is InChI=1S/C23H27N3O5/c1-13(2)17-8-6-7-15(5)21(17)24-20(27)12-25-18-11-16(26(29)30)9-10-19(18)31-22(14(3)4)23(25)28/h6-11,13-14,22H,12H2,1-5H3,(H,24,27). The number of rotatable bonds is 6. The average molecular weight is 425 g/mol. The Morgan fingerprint density at radius 3 is 2.55 bits per heavy atom. The number of anilines is 2. The summed E-state index contributed by atoms with van der Waals surface area (Å²) in [6, 6.07) is 9.87. The Morgan fingerprint density at radius 2 is 1.94 bits per heavy atom. The van der Waals surface area contributed by atoms with Gasteiger partial charge in [0.2, 0.25) is 5.91 Å². The first-order valence-corrected chi connectivity index (χ1v) is 10.3. The second-order valence-electron chi connectivity index (χ2n) is 8.36. The zero-order chi connectivity index (χ0) is 22.9. The molecule has 0 spiro atoms. The minimum absolute atomic E-state index is 0.134. The monoisotopic (exact) mass is 425 g/mol. The summed E-state index contributed by atoms with van der Waals surface area (Å²) in [4.78, 5) is 38.0. The lowest BCUT2D eigenvalue weighted by molar-refractivity contribution is -0.384. The van der Waals surface area contributed by atoms with Crippen LogP contribution < -0.4 is 15.0 Å². The number of carbonyl (C=O) groups excluding carboxylic acids is 2. The van der Waals surface area contributed by atoms with Gasteiger partial charge >= 0.3 is 0 Å². The SMILES string of the molecule is Cc1cccc(C(C)C)c1NC(=O)CN1C(=O)C(C(C)C)Oc2ccc([N+](=O)[O-])cc21. The van der Waals surface area contributed by atoms with Gasteiger partial charge in [-0.2, -0.15) is 0 Å². The lowest BCUT2D eigenvalue weighted by atomic mass is 9.98. The van der Waals surface area contributed by atoms with Crippen LogP contribution in [0, 0.1) is 23.0 Å². The molecule has 1 aliphatic rings. The highest BCUT2D eigenvalue weighted by atomic mass is 16.6. The normalized spacial score (nSPS) is 15.6. The van der Waals surface area contributed by atoms with Crippen LogP contribution in [0.2, 0.25) is 0 Å². The lowest BCUT2D eigenvalue weighted by Crippen LogP contribution is -2.50. The molecule has 0 saturated heterocycles. The van der Waals surface area contributed by atoms with Gasteiger partial charge in [0.15, 0.2) is 6.10 Å². The first-order valence-electron chi connectivity index (χ1n) is 10.3. The van der Waals surface area contributed by atoms with E-state index in [1.807, 2.05) is 52.8 Å². The van der Waals surface area contributed by atoms with Crippen molar-refractivity contribution in [1.82, 2.24) is 0 Å². The molecule has 8 nitrogen and oxygen atoms in total. The van der Waals surface area contributed by atoms with Gasteiger partial charge in [-0.1, -0.05) is 45.9 Å². The first-order chi connectivity index (χ1) is 14.6. The molecular weight excluding hydrogens is 398 g/mol. The van der Waals surface area contributed by atoms with Crippen LogP contribution in [0.3, 0.4) is 0 Å². The van der Waals surface area contributed by atoms with E-state index in [1.165, 1.54) is 23.1 Å². The molecule has 0 aromatic heterocycles. The molecule has 164 valence electrons. The average Bonchev–Trinajstić information content (AvgIpc) is 2.70. The third kappa shape index (κ3) is 4.52. The van der Waals surface area contributed by atoms with Crippen molar-refractivity contribution in [2.24, 2.45) is 5.92 Å². The zero-order valence-electron chi connectivity index (χ0n) is 18.3. The molecule has 2 aromatic rings. The number of para-hydroxylation sites is 1. The van der Waals surface area contributed by atoms with Gasteiger partial charge in [-0.3, -0.25) is 24.6 Å². The summed E-state index contributed by atoms with van der Waals surface area (Å²) < 4.78 is 5.79. The number of nitrogens with zero attached hydrogens (tertiary/aromatic N) is 2. The Morgan fingerprint density at radius 1 is 1.23 bits per heavy atom. The van der Waals surface area contributed by atoms with E-state index in [-0.39, 0.29) is 35.7 Å². The van der Waals surface area contributed by atoms with Crippen molar-refractivity contribution in [3.8, 4) is 5.75 Å². The number of hydrogen-bond donors (Lipinski definition) is 1. The summed E-state index contributed by atoms with van der Waals surface area (Å²) >= 11 is 0. The van der Waals surface area contributed by atoms with Crippen molar-refractivity contribution >= 4 is 28.9 Å². The van der Waals surface area contributed by atoms with Gasteiger partial charge in [0, 0.05) is 17.8 Å². The van der Waals surface area contributed by atoms with E-state index >= 15 is 0 Å². The van der Waals surface area contributed by atoms with Crippen LogP contribution in [0.25, 0.3) is 0 Å². The summed E-state index contributed by atoms with van der Waals surface area (Å²) in [7, 11) is 0. The maximum atomic E-state index is 13.1. The molecule has 1 atom stereocenters. The molecule has 0 aliphatic carbocycles. The van der Waals surface area contributed by atoms with Gasteiger partial charge < -0.3 is 10.1 Å². The highest BCUT2D eigenvalue weighted by Crippen LogP contribution is 2.38. The number of non-ortho nitro benzene ring substituents is 1. The molecule has 2 aromatic carbocycles. The molecule has 0 fully saturated rings. The number of nitrogens with one attached hydrogen (secondary N) is 1. The minimum atomic E-state index is -0.772. The fraction of sp³-hybridized carbons (Fsp3) is 0.391. The van der Waals surface area contributed by atoms with Crippen molar-refractivity contribution in [2.75, 3.05) is 16.8 Å². The van der Waals surface area contributed by atoms with Crippen LogP contribution in [-0.2, 0) is 9.59 Å². The number of carbonyl (C=O) groups is 2. The van der Waals surface area contributed by atoms with E-state index in [4.69, 9.17) is 4.74 Å². The van der Waals surface area contributed by atoms with Crippen molar-refractivity contribution in [3.63, 3.8) is 0 Å². The summed E-state index contributed by atoms with van der Waals surface area (Å²) in [6.45, 7) is 9.41. The highest BCUT2D eigenvalue weighted by molar-refractivity contribution is 6.06. The third-order valence-electron chi connectivity index (χ3n) is 5.31. The van der Waals surface area contributed by atoms with E-state index in [0.29, 0.717) is 5.75 Å². The fourth-order valence-electron chi connectivity index (χ4n) is 3.64. The number of aryl methyl sites for hydroxylation is 1. The van der Waals surface area contributed by atoms with Crippen molar-refractivity contribution in [2.45, 2.75) is 46.6 Å². The quantitative estimate of drug-likeness (QED) is 0.545. The lowest BCUT2D eigenvalue weighted by Gasteiger charge is -2.35. The smallest absolute Gasteiger partial charge is 0.271 e. The Hall–Kier alpha value is -3.42. The van der Waals surface area contributed by atoms with Gasteiger partial charge in [-0.05, 0) is 36.0 Å². The molecule has 1 heterocycles. The Balaban J connectivity index is 1.94. The van der Waals surface area contributed by atoms with E-state index in [2.05, 4.69) is 5.32 Å². The number of ether oxygens (including phenoxy) is 1. The van der Waals surface area contributed by atoms with Crippen molar-refractivity contribution in [1.29, 1.82) is 0 Å².